The van der Waals surface area contributed by atoms with E-state index in [0.29, 0.717) is 49.5 Å². The fourth-order valence-corrected chi connectivity index (χ4v) is 8.10. The molecular weight excluding hydrogens is 713 g/mol. The Morgan fingerprint density at radius 1 is 0.736 bits per heavy atom. The van der Waals surface area contributed by atoms with Gasteiger partial charge in [-0.1, -0.05) is 43.3 Å². The number of pyridine rings is 2. The summed E-state index contributed by atoms with van der Waals surface area (Å²) >= 11 is 2.06. The Bertz CT molecular complexity index is 1990. The van der Waals surface area contributed by atoms with Crippen LogP contribution in [0.2, 0.25) is 0 Å². The maximum Gasteiger partial charge on any atom is 0.289 e. The number of amides is 4. The summed E-state index contributed by atoms with van der Waals surface area (Å²) in [7, 11) is 0. The normalized spacial score (nSPS) is 19.8. The molecule has 0 radical (unpaired) electrons. The number of carbonyl (C=O) groups excluding carboxylic acids is 5. The highest BCUT2D eigenvalue weighted by Gasteiger charge is 2.49. The number of imide groups is 2. The summed E-state index contributed by atoms with van der Waals surface area (Å²) in [5, 5.41) is 1.76. The number of benzene rings is 2. The number of ether oxygens (including phenoxy) is 2. The lowest BCUT2D eigenvalue weighted by Gasteiger charge is -2.21. The summed E-state index contributed by atoms with van der Waals surface area (Å²) in [6, 6.07) is 22.2. The second-order valence-electron chi connectivity index (χ2n) is 13.4. The molecule has 2 unspecified atom stereocenters. The van der Waals surface area contributed by atoms with Gasteiger partial charge in [0.1, 0.15) is 26.7 Å². The van der Waals surface area contributed by atoms with Crippen LogP contribution in [0.1, 0.15) is 59.2 Å². The monoisotopic (exact) mass is 752 g/mol. The molecule has 2 saturated heterocycles. The van der Waals surface area contributed by atoms with Crippen molar-refractivity contribution in [1.29, 1.82) is 0 Å². The van der Waals surface area contributed by atoms with Gasteiger partial charge in [0.2, 0.25) is 17.6 Å². The summed E-state index contributed by atoms with van der Waals surface area (Å²) in [5.41, 5.74) is 4.99. The van der Waals surface area contributed by atoms with Gasteiger partial charge in [-0.05, 0) is 122 Å². The minimum atomic E-state index is -0.932. The molecule has 13 heteroatoms. The summed E-state index contributed by atoms with van der Waals surface area (Å²) in [6.45, 7) is 6.13. The maximum absolute atomic E-state index is 13.5. The predicted molar refractivity (Wildman–Crippen MR) is 204 cm³/mol. The molecule has 2 fully saturated rings. The van der Waals surface area contributed by atoms with E-state index < -0.39 is 9.49 Å². The van der Waals surface area contributed by atoms with E-state index in [1.807, 2.05) is 61.5 Å². The zero-order chi connectivity index (χ0) is 37.6. The molecule has 0 saturated carbocycles. The molecule has 0 bridgehead atoms. The molecule has 4 amide bonds. The van der Waals surface area contributed by atoms with Gasteiger partial charge >= 0.3 is 0 Å². The van der Waals surface area contributed by atoms with Crippen LogP contribution in [0.3, 0.4) is 0 Å². The van der Waals surface area contributed by atoms with Crippen molar-refractivity contribution in [1.82, 2.24) is 20.2 Å². The molecule has 11 nitrogen and oxygen atoms in total. The second kappa shape index (κ2) is 16.3. The summed E-state index contributed by atoms with van der Waals surface area (Å²) in [6.07, 6.45) is 6.20. The average molecular weight is 753 g/mol. The third-order valence-electron chi connectivity index (χ3n) is 9.20. The number of hydrogen-bond acceptors (Lipinski definition) is 11. The number of ketones is 1. The molecule has 4 heterocycles. The Morgan fingerprint density at radius 2 is 1.36 bits per heavy atom. The van der Waals surface area contributed by atoms with Crippen molar-refractivity contribution in [3.05, 3.63) is 119 Å². The Morgan fingerprint density at radius 3 is 1.94 bits per heavy atom. The molecule has 2 aromatic carbocycles. The lowest BCUT2D eigenvalue weighted by atomic mass is 9.98. The standard InChI is InChI=1S/C40H40N4O7S2/c1-4-26-10-16-33(42-23-26)34(45)25-51-32-14-8-28(9-15-32)22-40(3)36(47)44(38(49)53-40)19-17-29-5-11-30(41-24-29)18-20-50-31-12-6-27(7-13-31)21-39(2)35(46)43-37(48)52-39/h5-16,23-24H,4,17-22,25H2,1-3H3,(H,43,46,48). The predicted octanol–water partition coefficient (Wildman–Crippen LogP) is 6.45. The smallest absolute Gasteiger partial charge is 0.289 e. The van der Waals surface area contributed by atoms with Crippen molar-refractivity contribution >= 4 is 51.6 Å². The van der Waals surface area contributed by atoms with Crippen LogP contribution in [0.25, 0.3) is 0 Å². The van der Waals surface area contributed by atoms with E-state index in [2.05, 4.69) is 15.3 Å². The number of nitrogens with one attached hydrogen (secondary N) is 1. The SMILES string of the molecule is CCc1ccc(C(=O)COc2ccc(CC3(C)SC(=O)N(CCc4ccc(CCOc5ccc(CC6(C)SC(=O)NC6=O)cc5)nc4)C3=O)cc2)nc1. The summed E-state index contributed by atoms with van der Waals surface area (Å²) < 4.78 is 9.83. The Hall–Kier alpha value is -5.01. The van der Waals surface area contributed by atoms with Gasteiger partial charge in [-0.2, -0.15) is 0 Å². The highest BCUT2D eigenvalue weighted by Crippen LogP contribution is 2.40. The first-order valence-corrected chi connectivity index (χ1v) is 19.0. The lowest BCUT2D eigenvalue weighted by molar-refractivity contribution is -0.129. The van der Waals surface area contributed by atoms with Crippen molar-refractivity contribution < 1.29 is 33.4 Å². The van der Waals surface area contributed by atoms with Gasteiger partial charge in [0.25, 0.3) is 10.5 Å². The number of carbonyl (C=O) groups is 5. The fourth-order valence-electron chi connectivity index (χ4n) is 6.05. The number of rotatable bonds is 16. The zero-order valence-corrected chi connectivity index (χ0v) is 31.4. The van der Waals surface area contributed by atoms with Crippen molar-refractivity contribution in [3.8, 4) is 11.5 Å². The van der Waals surface area contributed by atoms with Crippen LogP contribution >= 0.6 is 23.5 Å². The van der Waals surface area contributed by atoms with E-state index in [9.17, 15) is 24.0 Å². The number of hydrogen-bond donors (Lipinski definition) is 1. The third-order valence-corrected chi connectivity index (χ3v) is 11.4. The lowest BCUT2D eigenvalue weighted by Crippen LogP contribution is -2.39. The first-order chi connectivity index (χ1) is 25.4. The number of thioether (sulfide) groups is 2. The minimum Gasteiger partial charge on any atom is -0.493 e. The summed E-state index contributed by atoms with van der Waals surface area (Å²) in [5.74, 6) is 0.522. The Labute approximate surface area is 316 Å². The van der Waals surface area contributed by atoms with Gasteiger partial charge in [0.05, 0.1) is 6.61 Å². The van der Waals surface area contributed by atoms with Crippen molar-refractivity contribution in [2.75, 3.05) is 19.8 Å². The largest absolute Gasteiger partial charge is 0.493 e. The highest BCUT2D eigenvalue weighted by molar-refractivity contribution is 8.16. The highest BCUT2D eigenvalue weighted by atomic mass is 32.2. The van der Waals surface area contributed by atoms with Crippen molar-refractivity contribution in [2.45, 2.75) is 62.4 Å². The average Bonchev–Trinajstić information content (AvgIpc) is 3.53. The van der Waals surface area contributed by atoms with E-state index in [1.165, 1.54) is 4.90 Å². The van der Waals surface area contributed by atoms with Gasteiger partial charge in [0.15, 0.2) is 6.61 Å². The number of Topliss-reactive ketones (excluding diaryl/α,β-unsaturated/α-hetero) is 1. The number of aryl methyl sites for hydroxylation is 1. The fraction of sp³-hybridized carbons (Fsp3) is 0.325. The zero-order valence-electron chi connectivity index (χ0n) is 29.8. The molecular formula is C40H40N4O7S2. The molecule has 274 valence electrons. The van der Waals surface area contributed by atoms with E-state index in [-0.39, 0.29) is 41.2 Å². The van der Waals surface area contributed by atoms with Gasteiger partial charge in [-0.3, -0.25) is 44.2 Å². The molecule has 53 heavy (non-hydrogen) atoms. The first-order valence-electron chi connectivity index (χ1n) is 17.4. The molecule has 2 atom stereocenters. The molecule has 2 aliphatic heterocycles. The van der Waals surface area contributed by atoms with E-state index in [0.717, 1.165) is 57.9 Å². The molecule has 0 aliphatic carbocycles. The molecule has 0 spiro atoms. The van der Waals surface area contributed by atoms with E-state index in [4.69, 9.17) is 9.47 Å². The Kier molecular flexibility index (Phi) is 11.6. The van der Waals surface area contributed by atoms with Gasteiger partial charge < -0.3 is 9.47 Å². The van der Waals surface area contributed by atoms with Crippen LogP contribution in [-0.4, -0.2) is 72.2 Å². The van der Waals surface area contributed by atoms with Crippen molar-refractivity contribution in [3.63, 3.8) is 0 Å². The molecule has 2 aromatic heterocycles. The quantitative estimate of drug-likeness (QED) is 0.126. The van der Waals surface area contributed by atoms with Crippen LogP contribution < -0.4 is 14.8 Å². The van der Waals surface area contributed by atoms with Crippen LogP contribution in [0.15, 0.2) is 85.2 Å². The van der Waals surface area contributed by atoms with Gasteiger partial charge in [-0.15, -0.1) is 0 Å². The summed E-state index contributed by atoms with van der Waals surface area (Å²) in [4.78, 5) is 72.7. The number of nitrogens with zero attached hydrogens (tertiary/aromatic N) is 3. The van der Waals surface area contributed by atoms with Crippen LogP contribution in [0, 0.1) is 0 Å². The van der Waals surface area contributed by atoms with Crippen molar-refractivity contribution in [2.24, 2.45) is 0 Å². The molecule has 4 aromatic rings. The van der Waals surface area contributed by atoms with Crippen LogP contribution in [-0.2, 0) is 41.7 Å². The first kappa shape index (κ1) is 37.7. The van der Waals surface area contributed by atoms with Gasteiger partial charge in [-0.25, -0.2) is 0 Å². The minimum absolute atomic E-state index is 0.133. The maximum atomic E-state index is 13.5. The molecule has 1 N–H and O–H groups in total. The molecule has 6 rings (SSSR count). The number of aromatic nitrogens is 2. The third kappa shape index (κ3) is 9.33. The second-order valence-corrected chi connectivity index (χ2v) is 16.3. The van der Waals surface area contributed by atoms with Gasteiger partial charge in [0, 0.05) is 31.1 Å². The van der Waals surface area contributed by atoms with Crippen LogP contribution in [0.4, 0.5) is 9.59 Å². The molecule has 2 aliphatic rings. The van der Waals surface area contributed by atoms with E-state index in [1.54, 1.807) is 44.4 Å². The van der Waals surface area contributed by atoms with Crippen LogP contribution in [0.5, 0.6) is 11.5 Å². The van der Waals surface area contributed by atoms with E-state index >= 15 is 0 Å². The Balaban J connectivity index is 0.927. The topological polar surface area (TPSA) is 145 Å².